The second-order valence-corrected chi connectivity index (χ2v) is 6.69. The highest BCUT2D eigenvalue weighted by Gasteiger charge is 2.06. The topological polar surface area (TPSA) is 118 Å². The molecule has 0 saturated heterocycles. The number of nitrogen functional groups attached to an aromatic ring is 2. The van der Waals surface area contributed by atoms with E-state index in [0.717, 1.165) is 19.3 Å². The first kappa shape index (κ1) is 34.3. The second-order valence-electron chi connectivity index (χ2n) is 5.88. The number of unbranched alkanes of at least 4 members (excludes halogenated alkanes) is 2. The largest absolute Gasteiger partial charge is 0.492 e. The summed E-state index contributed by atoms with van der Waals surface area (Å²) in [6.45, 7) is 1.07. The Labute approximate surface area is 217 Å². The monoisotopic (exact) mass is 552 g/mol. The highest BCUT2D eigenvalue weighted by Crippen LogP contribution is 2.26. The van der Waals surface area contributed by atoms with Gasteiger partial charge < -0.3 is 20.9 Å². The minimum Gasteiger partial charge on any atom is -0.492 e. The Hall–Kier alpha value is -1.28. The maximum atomic E-state index is 7.38. The van der Waals surface area contributed by atoms with Crippen LogP contribution in [0.2, 0.25) is 10.0 Å². The van der Waals surface area contributed by atoms with Gasteiger partial charge in [-0.15, -0.1) is 49.6 Å². The molecule has 0 aromatic heterocycles. The molecule has 2 aromatic rings. The zero-order chi connectivity index (χ0) is 19.8. The van der Waals surface area contributed by atoms with Gasteiger partial charge in [0.25, 0.3) is 0 Å². The first-order valence-corrected chi connectivity index (χ1v) is 9.17. The molecule has 0 atom stereocenters. The molecule has 31 heavy (non-hydrogen) atoms. The van der Waals surface area contributed by atoms with Crippen LogP contribution in [-0.4, -0.2) is 24.9 Å². The molecular weight excluding hydrogens is 529 g/mol. The molecule has 0 spiro atoms. The van der Waals surface area contributed by atoms with Crippen LogP contribution in [0.25, 0.3) is 0 Å². The summed E-state index contributed by atoms with van der Waals surface area (Å²) in [5.74, 6) is 1.10. The average Bonchev–Trinajstić information content (AvgIpc) is 2.62. The molecule has 2 aromatic carbocycles. The van der Waals surface area contributed by atoms with Crippen LogP contribution in [0.5, 0.6) is 11.5 Å². The van der Waals surface area contributed by atoms with E-state index in [1.165, 1.54) is 0 Å². The van der Waals surface area contributed by atoms with Crippen LogP contribution < -0.4 is 20.9 Å². The van der Waals surface area contributed by atoms with Crippen molar-refractivity contribution in [3.63, 3.8) is 0 Å². The van der Waals surface area contributed by atoms with E-state index in [4.69, 9.17) is 55.0 Å². The van der Waals surface area contributed by atoms with Crippen molar-refractivity contribution in [1.29, 1.82) is 10.8 Å². The predicted molar refractivity (Wildman–Crippen MR) is 139 cm³/mol. The summed E-state index contributed by atoms with van der Waals surface area (Å²) < 4.78 is 11.3. The minimum absolute atomic E-state index is 0. The average molecular weight is 555 g/mol. The molecule has 176 valence electrons. The zero-order valence-electron chi connectivity index (χ0n) is 16.4. The van der Waals surface area contributed by atoms with Crippen LogP contribution in [0.3, 0.4) is 0 Å². The number of nitrogens with two attached hydrogens (primary N) is 2. The number of amidine groups is 2. The van der Waals surface area contributed by atoms with Gasteiger partial charge in [-0.05, 0) is 55.7 Å². The lowest BCUT2D eigenvalue weighted by atomic mass is 10.2. The van der Waals surface area contributed by atoms with E-state index >= 15 is 0 Å². The quantitative estimate of drug-likeness (QED) is 0.167. The lowest BCUT2D eigenvalue weighted by Crippen LogP contribution is -2.11. The fourth-order valence-corrected chi connectivity index (χ4v) is 2.79. The Bertz CT molecular complexity index is 772. The van der Waals surface area contributed by atoms with Crippen LogP contribution in [0.4, 0.5) is 0 Å². The molecule has 0 radical (unpaired) electrons. The van der Waals surface area contributed by atoms with E-state index in [1.54, 1.807) is 36.4 Å². The van der Waals surface area contributed by atoms with Gasteiger partial charge in [-0.2, -0.15) is 0 Å². The lowest BCUT2D eigenvalue weighted by molar-refractivity contribution is 0.279. The summed E-state index contributed by atoms with van der Waals surface area (Å²) in [6.07, 6.45) is 2.63. The van der Waals surface area contributed by atoms with Gasteiger partial charge in [0.2, 0.25) is 0 Å². The van der Waals surface area contributed by atoms with E-state index in [1.807, 2.05) is 0 Å². The maximum absolute atomic E-state index is 7.38. The molecular formula is C19H26Cl6N4O2. The molecule has 0 unspecified atom stereocenters. The van der Waals surface area contributed by atoms with Crippen molar-refractivity contribution in [3.8, 4) is 11.5 Å². The first-order chi connectivity index (χ1) is 12.9. The molecule has 0 bridgehead atoms. The Kier molecular flexibility index (Phi) is 19.2. The summed E-state index contributed by atoms with van der Waals surface area (Å²) in [5.41, 5.74) is 12.0. The summed E-state index contributed by atoms with van der Waals surface area (Å²) in [6, 6.07) is 10.1. The number of benzene rings is 2. The summed E-state index contributed by atoms with van der Waals surface area (Å²) in [4.78, 5) is 0. The third kappa shape index (κ3) is 11.2. The molecule has 0 amide bonds. The van der Waals surface area contributed by atoms with Gasteiger partial charge in [-0.25, -0.2) is 0 Å². The zero-order valence-corrected chi connectivity index (χ0v) is 21.1. The van der Waals surface area contributed by atoms with E-state index in [0.29, 0.717) is 45.9 Å². The second kappa shape index (κ2) is 17.3. The van der Waals surface area contributed by atoms with Crippen molar-refractivity contribution in [2.75, 3.05) is 13.2 Å². The first-order valence-electron chi connectivity index (χ1n) is 8.42. The molecule has 0 aliphatic heterocycles. The van der Waals surface area contributed by atoms with Gasteiger partial charge in [0, 0.05) is 11.1 Å². The number of hydrogen-bond donors (Lipinski definition) is 4. The van der Waals surface area contributed by atoms with Crippen LogP contribution >= 0.6 is 72.8 Å². The molecule has 12 heteroatoms. The van der Waals surface area contributed by atoms with Gasteiger partial charge in [-0.3, -0.25) is 10.8 Å². The molecule has 0 aliphatic carbocycles. The molecule has 0 aliphatic rings. The summed E-state index contributed by atoms with van der Waals surface area (Å²) in [5, 5.41) is 15.6. The minimum atomic E-state index is -0.0283. The summed E-state index contributed by atoms with van der Waals surface area (Å²) >= 11 is 12.2. The van der Waals surface area contributed by atoms with Gasteiger partial charge >= 0.3 is 0 Å². The third-order valence-electron chi connectivity index (χ3n) is 3.79. The fraction of sp³-hybridized carbons (Fsp3) is 0.263. The van der Waals surface area contributed by atoms with Crippen LogP contribution in [0, 0.1) is 10.8 Å². The molecule has 6 N–H and O–H groups in total. The summed E-state index contributed by atoms with van der Waals surface area (Å²) in [7, 11) is 0. The number of rotatable bonds is 10. The van der Waals surface area contributed by atoms with Crippen molar-refractivity contribution in [2.24, 2.45) is 11.5 Å². The van der Waals surface area contributed by atoms with E-state index in [2.05, 4.69) is 0 Å². The molecule has 0 fully saturated rings. The molecule has 6 nitrogen and oxygen atoms in total. The lowest BCUT2D eigenvalue weighted by Gasteiger charge is -2.10. The fourth-order valence-electron chi connectivity index (χ4n) is 2.32. The highest BCUT2D eigenvalue weighted by atomic mass is 35.5. The van der Waals surface area contributed by atoms with Crippen molar-refractivity contribution in [1.82, 2.24) is 0 Å². The Morgan fingerprint density at radius 3 is 1.32 bits per heavy atom. The predicted octanol–water partition coefficient (Wildman–Crippen LogP) is 5.88. The Morgan fingerprint density at radius 1 is 0.677 bits per heavy atom. The molecule has 0 heterocycles. The van der Waals surface area contributed by atoms with Gasteiger partial charge in [0.1, 0.15) is 23.2 Å². The van der Waals surface area contributed by atoms with E-state index < -0.39 is 0 Å². The normalized spacial score (nSPS) is 9.10. The number of nitrogens with one attached hydrogen (secondary N) is 2. The van der Waals surface area contributed by atoms with Crippen molar-refractivity contribution in [2.45, 2.75) is 19.3 Å². The van der Waals surface area contributed by atoms with Crippen LogP contribution in [0.1, 0.15) is 30.4 Å². The maximum Gasteiger partial charge on any atom is 0.137 e. The third-order valence-corrected chi connectivity index (χ3v) is 4.38. The van der Waals surface area contributed by atoms with Gasteiger partial charge in [-0.1, -0.05) is 23.2 Å². The molecule has 2 rings (SSSR count). The van der Waals surface area contributed by atoms with Crippen molar-refractivity contribution >= 4 is 84.5 Å². The highest BCUT2D eigenvalue weighted by molar-refractivity contribution is 6.32. The molecule has 0 saturated carbocycles. The van der Waals surface area contributed by atoms with Gasteiger partial charge in [0.15, 0.2) is 0 Å². The van der Waals surface area contributed by atoms with Crippen molar-refractivity contribution < 1.29 is 9.47 Å². The number of hydrogen-bond acceptors (Lipinski definition) is 4. The number of halogens is 6. The van der Waals surface area contributed by atoms with E-state index in [9.17, 15) is 0 Å². The van der Waals surface area contributed by atoms with E-state index in [-0.39, 0.29) is 61.3 Å². The van der Waals surface area contributed by atoms with Crippen molar-refractivity contribution in [3.05, 3.63) is 57.6 Å². The standard InChI is InChI=1S/C19H22Cl2N4O2.4ClH/c20-14-10-12(18(22)23)4-6-16(14)26-8-2-1-3-9-27-17-7-5-13(19(24)25)11-15(17)21;;;;/h4-7,10-11H,1-3,8-9H2,(H3,22,23)(H3,24,25);4*1H. The smallest absolute Gasteiger partial charge is 0.137 e. The Balaban J connectivity index is -0.00000196. The van der Waals surface area contributed by atoms with Crippen LogP contribution in [0.15, 0.2) is 36.4 Å². The van der Waals surface area contributed by atoms with Gasteiger partial charge in [0.05, 0.1) is 23.3 Å². The van der Waals surface area contributed by atoms with Crippen LogP contribution in [-0.2, 0) is 0 Å². The SMILES string of the molecule is Cl.Cl.Cl.Cl.N=C(N)c1ccc(OCCCCCOc2ccc(C(=N)N)cc2Cl)c(Cl)c1. The Morgan fingerprint density at radius 2 is 1.03 bits per heavy atom. The number of ether oxygens (including phenoxy) is 2.